The van der Waals surface area contributed by atoms with E-state index in [0.29, 0.717) is 11.6 Å². The van der Waals surface area contributed by atoms with Crippen LogP contribution < -0.4 is 15.8 Å². The molecule has 14 heavy (non-hydrogen) atoms. The van der Waals surface area contributed by atoms with Crippen LogP contribution in [0.3, 0.4) is 0 Å². The van der Waals surface area contributed by atoms with Gasteiger partial charge in [-0.05, 0) is 6.07 Å². The van der Waals surface area contributed by atoms with Gasteiger partial charge in [-0.1, -0.05) is 0 Å². The molecule has 0 unspecified atom stereocenters. The van der Waals surface area contributed by atoms with Gasteiger partial charge in [0.15, 0.2) is 5.82 Å². The van der Waals surface area contributed by atoms with Crippen LogP contribution in [0, 0.1) is 0 Å². The Morgan fingerprint density at radius 3 is 2.93 bits per heavy atom. The van der Waals surface area contributed by atoms with Gasteiger partial charge in [0.05, 0.1) is 12.8 Å². The van der Waals surface area contributed by atoms with E-state index in [1.54, 1.807) is 12.1 Å². The molecule has 0 bridgehead atoms. The molecule has 0 aliphatic rings. The van der Waals surface area contributed by atoms with Crippen LogP contribution in [-0.4, -0.2) is 29.7 Å². The van der Waals surface area contributed by atoms with Crippen molar-refractivity contribution in [2.75, 3.05) is 24.7 Å². The molecule has 0 atom stereocenters. The van der Waals surface area contributed by atoms with E-state index in [4.69, 9.17) is 15.6 Å². The first kappa shape index (κ1) is 10.1. The number of nitrogen functional groups attached to an aromatic ring is 1. The van der Waals surface area contributed by atoms with Crippen molar-refractivity contribution in [2.24, 2.45) is 0 Å². The molecule has 1 aromatic rings. The summed E-state index contributed by atoms with van der Waals surface area (Å²) in [5.41, 5.74) is 6.02. The second-order valence-corrected chi connectivity index (χ2v) is 2.53. The zero-order valence-corrected chi connectivity index (χ0v) is 7.65. The second kappa shape index (κ2) is 4.31. The summed E-state index contributed by atoms with van der Waals surface area (Å²) in [6.45, 7) is -0.196. The molecule has 4 N–H and O–H groups in total. The maximum absolute atomic E-state index is 10.3. The number of hydrogen-bond acceptors (Lipinski definition) is 5. The van der Waals surface area contributed by atoms with Gasteiger partial charge in [-0.25, -0.2) is 0 Å². The summed E-state index contributed by atoms with van der Waals surface area (Å²) in [5, 5.41) is 11.0. The SMILES string of the molecule is COc1ccc(NCC(=O)O)c(N)n1. The highest BCUT2D eigenvalue weighted by atomic mass is 16.5. The summed E-state index contributed by atoms with van der Waals surface area (Å²) in [7, 11) is 1.48. The molecule has 0 aliphatic heterocycles. The van der Waals surface area contributed by atoms with Crippen LogP contribution >= 0.6 is 0 Å². The van der Waals surface area contributed by atoms with Crippen molar-refractivity contribution in [3.63, 3.8) is 0 Å². The third kappa shape index (κ3) is 2.51. The topological polar surface area (TPSA) is 97.5 Å². The first-order valence-corrected chi connectivity index (χ1v) is 3.89. The zero-order chi connectivity index (χ0) is 10.6. The lowest BCUT2D eigenvalue weighted by atomic mass is 10.3. The van der Waals surface area contributed by atoms with Crippen molar-refractivity contribution in [2.45, 2.75) is 0 Å². The third-order valence-electron chi connectivity index (χ3n) is 1.54. The molecular weight excluding hydrogens is 186 g/mol. The number of ether oxygens (including phenoxy) is 1. The first-order valence-electron chi connectivity index (χ1n) is 3.89. The van der Waals surface area contributed by atoms with E-state index in [9.17, 15) is 4.79 Å². The van der Waals surface area contributed by atoms with E-state index in [1.165, 1.54) is 7.11 Å². The molecule has 1 rings (SSSR count). The number of aliphatic carboxylic acids is 1. The van der Waals surface area contributed by atoms with Crippen LogP contribution in [0.4, 0.5) is 11.5 Å². The predicted molar refractivity (Wildman–Crippen MR) is 51.3 cm³/mol. The summed E-state index contributed by atoms with van der Waals surface area (Å²) >= 11 is 0. The standard InChI is InChI=1S/C8H11N3O3/c1-14-6-3-2-5(8(9)11-6)10-4-7(12)13/h2-3,10H,4H2,1H3,(H2,9,11)(H,12,13). The molecule has 6 nitrogen and oxygen atoms in total. The van der Waals surface area contributed by atoms with Gasteiger partial charge in [-0.2, -0.15) is 4.98 Å². The zero-order valence-electron chi connectivity index (χ0n) is 7.65. The van der Waals surface area contributed by atoms with Gasteiger partial charge in [-0.15, -0.1) is 0 Å². The van der Waals surface area contributed by atoms with Crippen molar-refractivity contribution in [1.29, 1.82) is 0 Å². The van der Waals surface area contributed by atoms with Gasteiger partial charge in [0.25, 0.3) is 0 Å². The van der Waals surface area contributed by atoms with Crippen LogP contribution in [0.1, 0.15) is 0 Å². The molecule has 0 saturated carbocycles. The fourth-order valence-electron chi connectivity index (χ4n) is 0.890. The maximum Gasteiger partial charge on any atom is 0.322 e. The molecule has 0 aromatic carbocycles. The lowest BCUT2D eigenvalue weighted by molar-refractivity contribution is -0.134. The fraction of sp³-hybridized carbons (Fsp3) is 0.250. The summed E-state index contributed by atoms with van der Waals surface area (Å²) < 4.78 is 4.84. The monoisotopic (exact) mass is 197 g/mol. The molecule has 0 spiro atoms. The Labute approximate surface area is 80.7 Å². The highest BCUT2D eigenvalue weighted by molar-refractivity contribution is 5.75. The van der Waals surface area contributed by atoms with Gasteiger partial charge in [0, 0.05) is 6.07 Å². The van der Waals surface area contributed by atoms with Gasteiger partial charge in [-0.3, -0.25) is 4.79 Å². The van der Waals surface area contributed by atoms with Crippen molar-refractivity contribution >= 4 is 17.5 Å². The number of carboxylic acids is 1. The number of anilines is 2. The van der Waals surface area contributed by atoms with E-state index in [2.05, 4.69) is 10.3 Å². The van der Waals surface area contributed by atoms with E-state index >= 15 is 0 Å². The number of nitrogens with zero attached hydrogens (tertiary/aromatic N) is 1. The van der Waals surface area contributed by atoms with Gasteiger partial charge in [0.2, 0.25) is 5.88 Å². The first-order chi connectivity index (χ1) is 6.63. The highest BCUT2D eigenvalue weighted by Crippen LogP contribution is 2.18. The molecule has 0 fully saturated rings. The number of carboxylic acid groups (broad SMARTS) is 1. The number of carbonyl (C=O) groups is 1. The predicted octanol–water partition coefficient (Wildman–Crippen LogP) is 0.169. The Hall–Kier alpha value is -1.98. The van der Waals surface area contributed by atoms with Crippen LogP contribution in [0.25, 0.3) is 0 Å². The van der Waals surface area contributed by atoms with Crippen molar-refractivity contribution in [3.05, 3.63) is 12.1 Å². The summed E-state index contributed by atoms with van der Waals surface area (Å²) in [5.74, 6) is -0.353. The quantitative estimate of drug-likeness (QED) is 0.636. The average molecular weight is 197 g/mol. The van der Waals surface area contributed by atoms with Gasteiger partial charge < -0.3 is 20.9 Å². The van der Waals surface area contributed by atoms with Crippen LogP contribution in [0.15, 0.2) is 12.1 Å². The van der Waals surface area contributed by atoms with Crippen molar-refractivity contribution in [1.82, 2.24) is 4.98 Å². The van der Waals surface area contributed by atoms with Gasteiger partial charge >= 0.3 is 5.97 Å². The normalized spacial score (nSPS) is 9.50. The molecule has 0 radical (unpaired) electrons. The van der Waals surface area contributed by atoms with Crippen LogP contribution in [0.2, 0.25) is 0 Å². The lowest BCUT2D eigenvalue weighted by Gasteiger charge is -2.07. The highest BCUT2D eigenvalue weighted by Gasteiger charge is 2.03. The smallest absolute Gasteiger partial charge is 0.322 e. The largest absolute Gasteiger partial charge is 0.481 e. The maximum atomic E-state index is 10.3. The number of pyridine rings is 1. The Kier molecular flexibility index (Phi) is 3.11. The number of hydrogen-bond donors (Lipinski definition) is 3. The molecule has 76 valence electrons. The fourth-order valence-corrected chi connectivity index (χ4v) is 0.890. The van der Waals surface area contributed by atoms with E-state index in [1.807, 2.05) is 0 Å². The molecule has 0 aliphatic carbocycles. The number of methoxy groups -OCH3 is 1. The number of nitrogens with one attached hydrogen (secondary N) is 1. The van der Waals surface area contributed by atoms with E-state index in [0.717, 1.165) is 0 Å². The molecule has 1 aromatic heterocycles. The second-order valence-electron chi connectivity index (χ2n) is 2.53. The molecular formula is C8H11N3O3. The Bertz CT molecular complexity index is 341. The minimum absolute atomic E-state index is 0.196. The Morgan fingerprint density at radius 1 is 1.71 bits per heavy atom. The molecule has 1 heterocycles. The van der Waals surface area contributed by atoms with E-state index < -0.39 is 5.97 Å². The summed E-state index contributed by atoms with van der Waals surface area (Å²) in [6, 6.07) is 3.21. The minimum atomic E-state index is -0.958. The minimum Gasteiger partial charge on any atom is -0.481 e. The molecule has 6 heteroatoms. The average Bonchev–Trinajstić information content (AvgIpc) is 2.15. The van der Waals surface area contributed by atoms with Crippen LogP contribution in [0.5, 0.6) is 5.88 Å². The third-order valence-corrected chi connectivity index (χ3v) is 1.54. The summed E-state index contributed by atoms with van der Waals surface area (Å²) in [6.07, 6.45) is 0. The Morgan fingerprint density at radius 2 is 2.43 bits per heavy atom. The number of aromatic nitrogens is 1. The van der Waals surface area contributed by atoms with Gasteiger partial charge in [0.1, 0.15) is 6.54 Å². The number of rotatable bonds is 4. The molecule has 0 saturated heterocycles. The van der Waals surface area contributed by atoms with Crippen molar-refractivity contribution < 1.29 is 14.6 Å². The van der Waals surface area contributed by atoms with E-state index in [-0.39, 0.29) is 12.4 Å². The lowest BCUT2D eigenvalue weighted by Crippen LogP contribution is -2.13. The van der Waals surface area contributed by atoms with Crippen LogP contribution in [-0.2, 0) is 4.79 Å². The number of nitrogens with two attached hydrogens (primary N) is 1. The van der Waals surface area contributed by atoms with Crippen molar-refractivity contribution in [3.8, 4) is 5.88 Å². The Balaban J connectivity index is 2.73. The molecule has 0 amide bonds. The summed E-state index contributed by atoms with van der Waals surface area (Å²) in [4.78, 5) is 14.1.